The number of hydrogen-bond donors (Lipinski definition) is 0. The van der Waals surface area contributed by atoms with E-state index < -0.39 is 26.7 Å². The Bertz CT molecular complexity index is 867. The molecule has 0 bridgehead atoms. The Kier molecular flexibility index (Phi) is 4.40. The van der Waals surface area contributed by atoms with Gasteiger partial charge in [0.2, 0.25) is 21.6 Å². The van der Waals surface area contributed by atoms with E-state index in [-0.39, 0.29) is 5.89 Å². The third-order valence-electron chi connectivity index (χ3n) is 4.20. The highest BCUT2D eigenvalue weighted by atomic mass is 32.2. The summed E-state index contributed by atoms with van der Waals surface area (Å²) in [5.41, 5.74) is 2.81. The first-order valence-electron chi connectivity index (χ1n) is 7.78. The highest BCUT2D eigenvalue weighted by Gasteiger charge is 2.29. The SMILES string of the molecule is Cc1ccc(-c2nnc(S(=O)(=O)CC(=O)N3CCCC3)o2)cc1C. The summed E-state index contributed by atoms with van der Waals surface area (Å²) in [6.45, 7) is 5.13. The molecule has 1 fully saturated rings. The van der Waals surface area contributed by atoms with Gasteiger partial charge in [-0.25, -0.2) is 8.42 Å². The summed E-state index contributed by atoms with van der Waals surface area (Å²) in [5.74, 6) is -0.926. The van der Waals surface area contributed by atoms with Crippen LogP contribution < -0.4 is 0 Å². The lowest BCUT2D eigenvalue weighted by atomic mass is 10.1. The first-order valence-corrected chi connectivity index (χ1v) is 9.44. The van der Waals surface area contributed by atoms with Gasteiger partial charge >= 0.3 is 5.22 Å². The van der Waals surface area contributed by atoms with Gasteiger partial charge in [0.1, 0.15) is 5.75 Å². The molecule has 0 saturated carbocycles. The molecule has 1 saturated heterocycles. The molecular weight excluding hydrogens is 330 g/mol. The van der Waals surface area contributed by atoms with Crippen LogP contribution in [0.1, 0.15) is 24.0 Å². The van der Waals surface area contributed by atoms with Gasteiger partial charge in [0.05, 0.1) is 0 Å². The highest BCUT2D eigenvalue weighted by molar-refractivity contribution is 7.91. The maximum absolute atomic E-state index is 12.3. The molecule has 0 aliphatic carbocycles. The summed E-state index contributed by atoms with van der Waals surface area (Å²) < 4.78 is 30.0. The molecule has 1 amide bonds. The van der Waals surface area contributed by atoms with Crippen LogP contribution in [-0.4, -0.2) is 48.3 Å². The molecule has 0 N–H and O–H groups in total. The lowest BCUT2D eigenvalue weighted by molar-refractivity contribution is -0.127. The molecule has 0 atom stereocenters. The van der Waals surface area contributed by atoms with E-state index in [2.05, 4.69) is 10.2 Å². The fourth-order valence-electron chi connectivity index (χ4n) is 2.61. The van der Waals surface area contributed by atoms with Crippen molar-refractivity contribution in [1.82, 2.24) is 15.1 Å². The van der Waals surface area contributed by atoms with Crippen LogP contribution in [0.5, 0.6) is 0 Å². The van der Waals surface area contributed by atoms with E-state index in [1.165, 1.54) is 0 Å². The fraction of sp³-hybridized carbons (Fsp3) is 0.438. The summed E-state index contributed by atoms with van der Waals surface area (Å²) in [6, 6.07) is 5.55. The summed E-state index contributed by atoms with van der Waals surface area (Å²) in [5, 5.41) is 6.92. The van der Waals surface area contributed by atoms with Gasteiger partial charge in [-0.3, -0.25) is 4.79 Å². The second-order valence-corrected chi connectivity index (χ2v) is 7.89. The lowest BCUT2D eigenvalue weighted by Gasteiger charge is -2.13. The zero-order valence-corrected chi connectivity index (χ0v) is 14.5. The molecule has 8 heteroatoms. The predicted octanol–water partition coefficient (Wildman–Crippen LogP) is 1.75. The third-order valence-corrected chi connectivity index (χ3v) is 5.52. The Morgan fingerprint density at radius 3 is 2.54 bits per heavy atom. The molecular formula is C16H19N3O4S. The van der Waals surface area contributed by atoms with Crippen molar-refractivity contribution in [2.45, 2.75) is 31.9 Å². The lowest BCUT2D eigenvalue weighted by Crippen LogP contribution is -2.33. The zero-order chi connectivity index (χ0) is 17.3. The number of benzene rings is 1. The predicted molar refractivity (Wildman–Crippen MR) is 87.1 cm³/mol. The first kappa shape index (κ1) is 16.6. The molecule has 3 rings (SSSR count). The minimum Gasteiger partial charge on any atom is -0.408 e. The van der Waals surface area contributed by atoms with E-state index in [1.807, 2.05) is 26.0 Å². The van der Waals surface area contributed by atoms with Crippen molar-refractivity contribution in [3.63, 3.8) is 0 Å². The number of nitrogens with zero attached hydrogens (tertiary/aromatic N) is 3. The number of sulfone groups is 1. The largest absolute Gasteiger partial charge is 0.408 e. The van der Waals surface area contributed by atoms with Crippen molar-refractivity contribution >= 4 is 15.7 Å². The third kappa shape index (κ3) is 3.33. The number of carbonyl (C=O) groups is 1. The average Bonchev–Trinajstić information content (AvgIpc) is 3.21. The first-order chi connectivity index (χ1) is 11.4. The maximum Gasteiger partial charge on any atom is 0.336 e. The minimum absolute atomic E-state index is 0.130. The van der Waals surface area contributed by atoms with Crippen molar-refractivity contribution in [2.75, 3.05) is 18.8 Å². The molecule has 1 aliphatic heterocycles. The normalized spacial score (nSPS) is 15.0. The van der Waals surface area contributed by atoms with Crippen molar-refractivity contribution in [3.8, 4) is 11.5 Å². The molecule has 24 heavy (non-hydrogen) atoms. The number of hydrogen-bond acceptors (Lipinski definition) is 6. The number of carbonyl (C=O) groups excluding carboxylic acids is 1. The van der Waals surface area contributed by atoms with Gasteiger partial charge in [0, 0.05) is 18.7 Å². The number of aryl methyl sites for hydroxylation is 2. The van der Waals surface area contributed by atoms with Crippen LogP contribution in [0.4, 0.5) is 0 Å². The van der Waals surface area contributed by atoms with Gasteiger partial charge < -0.3 is 9.32 Å². The number of aromatic nitrogens is 2. The Labute approximate surface area is 140 Å². The average molecular weight is 349 g/mol. The Balaban J connectivity index is 1.80. The van der Waals surface area contributed by atoms with Gasteiger partial charge in [-0.05, 0) is 49.9 Å². The van der Waals surface area contributed by atoms with Crippen LogP contribution in [0.3, 0.4) is 0 Å². The molecule has 2 aromatic rings. The molecule has 0 unspecified atom stereocenters. The summed E-state index contributed by atoms with van der Waals surface area (Å²) >= 11 is 0. The topological polar surface area (TPSA) is 93.4 Å². The Hall–Kier alpha value is -2.22. The van der Waals surface area contributed by atoms with Gasteiger partial charge in [0.25, 0.3) is 0 Å². The molecule has 1 aromatic carbocycles. The summed E-state index contributed by atoms with van der Waals surface area (Å²) in [6.07, 6.45) is 1.81. The zero-order valence-electron chi connectivity index (χ0n) is 13.7. The molecule has 1 aromatic heterocycles. The number of likely N-dealkylation sites (tertiary alicyclic amines) is 1. The van der Waals surface area contributed by atoms with E-state index >= 15 is 0 Å². The van der Waals surface area contributed by atoms with Crippen molar-refractivity contribution < 1.29 is 17.6 Å². The molecule has 0 radical (unpaired) electrons. The number of amides is 1. The van der Waals surface area contributed by atoms with Crippen LogP contribution in [0.25, 0.3) is 11.5 Å². The summed E-state index contributed by atoms with van der Waals surface area (Å²) in [4.78, 5) is 13.6. The monoisotopic (exact) mass is 349 g/mol. The minimum atomic E-state index is -3.93. The summed E-state index contributed by atoms with van der Waals surface area (Å²) in [7, 11) is -3.93. The van der Waals surface area contributed by atoms with E-state index in [4.69, 9.17) is 4.42 Å². The second-order valence-electron chi connectivity index (χ2n) is 6.02. The van der Waals surface area contributed by atoms with Crippen LogP contribution in [0.15, 0.2) is 27.8 Å². The van der Waals surface area contributed by atoms with Crippen LogP contribution in [-0.2, 0) is 14.6 Å². The van der Waals surface area contributed by atoms with Crippen LogP contribution in [0.2, 0.25) is 0 Å². The fourth-order valence-corrected chi connectivity index (χ4v) is 3.61. The molecule has 0 spiro atoms. The van der Waals surface area contributed by atoms with Crippen molar-refractivity contribution in [2.24, 2.45) is 0 Å². The second kappa shape index (κ2) is 6.35. The number of rotatable bonds is 4. The smallest absolute Gasteiger partial charge is 0.336 e. The van der Waals surface area contributed by atoms with Gasteiger partial charge in [-0.1, -0.05) is 11.2 Å². The Morgan fingerprint density at radius 1 is 1.17 bits per heavy atom. The van der Waals surface area contributed by atoms with E-state index in [0.717, 1.165) is 24.0 Å². The Morgan fingerprint density at radius 2 is 1.88 bits per heavy atom. The van der Waals surface area contributed by atoms with Crippen molar-refractivity contribution in [1.29, 1.82) is 0 Å². The maximum atomic E-state index is 12.3. The standard InChI is InChI=1S/C16H19N3O4S/c1-11-5-6-13(9-12(11)2)15-17-18-16(23-15)24(21,22)10-14(20)19-7-3-4-8-19/h5-6,9H,3-4,7-8,10H2,1-2H3. The molecule has 128 valence electrons. The van der Waals surface area contributed by atoms with E-state index in [0.29, 0.717) is 18.7 Å². The van der Waals surface area contributed by atoms with Gasteiger partial charge in [0.15, 0.2) is 0 Å². The molecule has 2 heterocycles. The van der Waals surface area contributed by atoms with E-state index in [1.54, 1.807) is 11.0 Å². The van der Waals surface area contributed by atoms with Crippen molar-refractivity contribution in [3.05, 3.63) is 29.3 Å². The molecule has 1 aliphatic rings. The van der Waals surface area contributed by atoms with Crippen LogP contribution in [0, 0.1) is 13.8 Å². The van der Waals surface area contributed by atoms with E-state index in [9.17, 15) is 13.2 Å². The molecule has 7 nitrogen and oxygen atoms in total. The van der Waals surface area contributed by atoms with Gasteiger partial charge in [-0.15, -0.1) is 5.10 Å². The highest BCUT2D eigenvalue weighted by Crippen LogP contribution is 2.23. The quantitative estimate of drug-likeness (QED) is 0.835. The van der Waals surface area contributed by atoms with Gasteiger partial charge in [-0.2, -0.15) is 0 Å². The van der Waals surface area contributed by atoms with Crippen LogP contribution >= 0.6 is 0 Å².